The summed E-state index contributed by atoms with van der Waals surface area (Å²) in [6.07, 6.45) is 1.57. The molecule has 0 atom stereocenters. The summed E-state index contributed by atoms with van der Waals surface area (Å²) in [5.74, 6) is -1.74. The van der Waals surface area contributed by atoms with Crippen molar-refractivity contribution in [3.8, 4) is 0 Å². The molecule has 3 N–H and O–H groups in total. The van der Waals surface area contributed by atoms with Crippen LogP contribution in [0.1, 0.15) is 26.5 Å². The Hall–Kier alpha value is -2.60. The molecule has 0 spiro atoms. The van der Waals surface area contributed by atoms with Crippen LogP contribution in [0.25, 0.3) is 0 Å². The molecule has 0 saturated carbocycles. The Morgan fingerprint density at radius 1 is 1.20 bits per heavy atom. The molecule has 1 amide bonds. The summed E-state index contributed by atoms with van der Waals surface area (Å²) in [4.78, 5) is 22.5. The zero-order valence-electron chi connectivity index (χ0n) is 10.5. The van der Waals surface area contributed by atoms with E-state index >= 15 is 0 Å². The Morgan fingerprint density at radius 2 is 1.90 bits per heavy atom. The van der Waals surface area contributed by atoms with E-state index in [1.807, 2.05) is 0 Å². The van der Waals surface area contributed by atoms with Gasteiger partial charge in [0, 0.05) is 18.4 Å². The van der Waals surface area contributed by atoms with E-state index in [0.29, 0.717) is 12.1 Å². The van der Waals surface area contributed by atoms with Gasteiger partial charge in [0.05, 0.1) is 5.56 Å². The van der Waals surface area contributed by atoms with Gasteiger partial charge in [-0.1, -0.05) is 12.1 Å². The Morgan fingerprint density at radius 3 is 2.45 bits per heavy atom. The van der Waals surface area contributed by atoms with E-state index in [4.69, 9.17) is 14.6 Å². The van der Waals surface area contributed by atoms with Crippen LogP contribution in [-0.2, 0) is 6.42 Å². The third kappa shape index (κ3) is 3.24. The summed E-state index contributed by atoms with van der Waals surface area (Å²) >= 11 is 0. The van der Waals surface area contributed by atoms with Gasteiger partial charge in [-0.05, 0) is 24.1 Å². The van der Waals surface area contributed by atoms with E-state index in [1.165, 1.54) is 0 Å². The summed E-state index contributed by atoms with van der Waals surface area (Å²) in [6.45, 7) is 0.0655. The van der Waals surface area contributed by atoms with Crippen molar-refractivity contribution in [3.05, 3.63) is 53.5 Å². The summed E-state index contributed by atoms with van der Waals surface area (Å²) < 4.78 is 4.90. The van der Waals surface area contributed by atoms with Crippen LogP contribution in [-0.4, -0.2) is 28.7 Å². The lowest BCUT2D eigenvalue weighted by atomic mass is 10.1. The number of carbonyl (C=O) groups is 2. The molecule has 6 heteroatoms. The van der Waals surface area contributed by atoms with Gasteiger partial charge >= 0.3 is 5.97 Å². The molecule has 20 heavy (non-hydrogen) atoms. The van der Waals surface area contributed by atoms with Gasteiger partial charge in [0.1, 0.15) is 6.26 Å². The fraction of sp³-hybridized carbons (Fsp3) is 0.143. The van der Waals surface area contributed by atoms with Crippen LogP contribution in [0.3, 0.4) is 0 Å². The second kappa shape index (κ2) is 6.03. The van der Waals surface area contributed by atoms with Crippen LogP contribution < -0.4 is 5.32 Å². The first-order valence-corrected chi connectivity index (χ1v) is 5.93. The predicted octanol–water partition coefficient (Wildman–Crippen LogP) is 1.76. The molecular weight excluding hydrogens is 262 g/mol. The number of carbonyl (C=O) groups excluding carboxylic acids is 1. The number of nitrogens with one attached hydrogen (secondary N) is 1. The monoisotopic (exact) mass is 275 g/mol. The van der Waals surface area contributed by atoms with Gasteiger partial charge in [-0.3, -0.25) is 4.79 Å². The topological polar surface area (TPSA) is 99.8 Å². The zero-order valence-corrected chi connectivity index (χ0v) is 10.5. The van der Waals surface area contributed by atoms with Gasteiger partial charge in [-0.25, -0.2) is 4.79 Å². The molecule has 0 fully saturated rings. The lowest BCUT2D eigenvalue weighted by molar-refractivity contribution is 0.0696. The smallest absolute Gasteiger partial charge is 0.338 e. The first kappa shape index (κ1) is 13.8. The quantitative estimate of drug-likeness (QED) is 0.772. The van der Waals surface area contributed by atoms with Gasteiger partial charge in [-0.15, -0.1) is 0 Å². The lowest BCUT2D eigenvalue weighted by Crippen LogP contribution is -2.11. The normalized spacial score (nSPS) is 10.2. The molecule has 0 aliphatic carbocycles. The Bertz CT molecular complexity index is 615. The van der Waals surface area contributed by atoms with E-state index < -0.39 is 11.9 Å². The number of benzene rings is 1. The predicted molar refractivity (Wildman–Crippen MR) is 70.9 cm³/mol. The molecule has 104 valence electrons. The van der Waals surface area contributed by atoms with Crippen LogP contribution in [0.5, 0.6) is 0 Å². The lowest BCUT2D eigenvalue weighted by Gasteiger charge is -2.04. The van der Waals surface area contributed by atoms with E-state index in [9.17, 15) is 9.59 Å². The van der Waals surface area contributed by atoms with Crippen molar-refractivity contribution in [1.29, 1.82) is 0 Å². The molecule has 2 aromatic rings. The van der Waals surface area contributed by atoms with Gasteiger partial charge in [-0.2, -0.15) is 0 Å². The highest BCUT2D eigenvalue weighted by atomic mass is 16.4. The Balaban J connectivity index is 2.04. The molecule has 1 heterocycles. The third-order valence-corrected chi connectivity index (χ3v) is 2.68. The molecule has 0 saturated heterocycles. The van der Waals surface area contributed by atoms with Gasteiger partial charge in [0.15, 0.2) is 5.76 Å². The van der Waals surface area contributed by atoms with E-state index in [-0.39, 0.29) is 17.9 Å². The number of aromatic carboxylic acids is 1. The van der Waals surface area contributed by atoms with Crippen molar-refractivity contribution in [2.75, 3.05) is 11.9 Å². The summed E-state index contributed by atoms with van der Waals surface area (Å²) in [7, 11) is 0. The highest BCUT2D eigenvalue weighted by Gasteiger charge is 2.14. The molecule has 2 rings (SSSR count). The maximum absolute atomic E-state index is 11.8. The fourth-order valence-electron chi connectivity index (χ4n) is 1.64. The average Bonchev–Trinajstić information content (AvgIpc) is 2.91. The molecule has 1 aromatic heterocycles. The standard InChI is InChI=1S/C14H13NO5/c16-6-5-9-1-3-11(4-2-9)15-13(17)12-7-10(8-20-12)14(18)19/h1-4,7-8,16H,5-6H2,(H,15,17)(H,18,19). The zero-order chi connectivity index (χ0) is 14.5. The molecule has 1 aromatic carbocycles. The highest BCUT2D eigenvalue weighted by Crippen LogP contribution is 2.13. The first-order valence-electron chi connectivity index (χ1n) is 5.93. The fourth-order valence-corrected chi connectivity index (χ4v) is 1.64. The van der Waals surface area contributed by atoms with Crippen LogP contribution in [0.15, 0.2) is 41.0 Å². The summed E-state index contributed by atoms with van der Waals surface area (Å²) in [5, 5.41) is 20.1. The number of amides is 1. The van der Waals surface area contributed by atoms with Crippen LogP contribution >= 0.6 is 0 Å². The maximum atomic E-state index is 11.8. The van der Waals surface area contributed by atoms with Crippen LogP contribution in [0, 0.1) is 0 Å². The number of furan rings is 1. The number of anilines is 1. The number of hydrogen-bond donors (Lipinski definition) is 3. The average molecular weight is 275 g/mol. The molecular formula is C14H13NO5. The minimum Gasteiger partial charge on any atom is -0.478 e. The highest BCUT2D eigenvalue weighted by molar-refractivity contribution is 6.03. The number of aliphatic hydroxyl groups excluding tert-OH is 1. The van der Waals surface area contributed by atoms with Crippen molar-refractivity contribution in [3.63, 3.8) is 0 Å². The van der Waals surface area contributed by atoms with Crippen molar-refractivity contribution < 1.29 is 24.2 Å². The number of carboxylic acids is 1. The summed E-state index contributed by atoms with van der Waals surface area (Å²) in [5.41, 5.74) is 1.44. The maximum Gasteiger partial charge on any atom is 0.338 e. The van der Waals surface area contributed by atoms with Gasteiger partial charge < -0.3 is 19.9 Å². The second-order valence-corrected chi connectivity index (χ2v) is 4.13. The van der Waals surface area contributed by atoms with Crippen molar-refractivity contribution in [2.45, 2.75) is 6.42 Å². The number of carboxylic acid groups (broad SMARTS) is 1. The molecule has 0 unspecified atom stereocenters. The molecule has 0 aliphatic rings. The second-order valence-electron chi connectivity index (χ2n) is 4.13. The SMILES string of the molecule is O=C(O)c1coc(C(=O)Nc2ccc(CCO)cc2)c1. The van der Waals surface area contributed by atoms with Crippen molar-refractivity contribution in [2.24, 2.45) is 0 Å². The van der Waals surface area contributed by atoms with E-state index in [1.54, 1.807) is 24.3 Å². The molecule has 0 bridgehead atoms. The third-order valence-electron chi connectivity index (χ3n) is 2.68. The van der Waals surface area contributed by atoms with E-state index in [2.05, 4.69) is 5.32 Å². The van der Waals surface area contributed by atoms with E-state index in [0.717, 1.165) is 17.9 Å². The largest absolute Gasteiger partial charge is 0.478 e. The number of hydrogen-bond acceptors (Lipinski definition) is 4. The van der Waals surface area contributed by atoms with Crippen LogP contribution in [0.4, 0.5) is 5.69 Å². The Labute approximate surface area is 114 Å². The van der Waals surface area contributed by atoms with Crippen molar-refractivity contribution in [1.82, 2.24) is 0 Å². The molecule has 0 radical (unpaired) electrons. The molecule has 0 aliphatic heterocycles. The first-order chi connectivity index (χ1) is 9.60. The number of aliphatic hydroxyl groups is 1. The molecule has 6 nitrogen and oxygen atoms in total. The summed E-state index contributed by atoms with van der Waals surface area (Å²) in [6, 6.07) is 8.14. The van der Waals surface area contributed by atoms with Gasteiger partial charge in [0.25, 0.3) is 5.91 Å². The van der Waals surface area contributed by atoms with Crippen molar-refractivity contribution >= 4 is 17.6 Å². The van der Waals surface area contributed by atoms with Gasteiger partial charge in [0.2, 0.25) is 0 Å². The minimum absolute atomic E-state index is 0.0655. The number of rotatable bonds is 5. The minimum atomic E-state index is -1.15. The van der Waals surface area contributed by atoms with Crippen LogP contribution in [0.2, 0.25) is 0 Å². The Kier molecular flexibility index (Phi) is 4.17.